The molecule has 0 aromatic rings. The largest absolute Gasteiger partial charge is 0.315 e. The molecule has 2 unspecified atom stereocenters. The number of hydrogen-bond acceptors (Lipinski definition) is 3. The molecule has 2 atom stereocenters. The van der Waals surface area contributed by atoms with E-state index in [4.69, 9.17) is 0 Å². The standard InChI is InChI=1S/C11H22N2O2S/c1-9(2)8-16(14,15)13-5-3-4-10-6-12-7-11(10)13/h9-12H,3-8H2,1-2H3. The van der Waals surface area contributed by atoms with Crippen molar-refractivity contribution in [3.05, 3.63) is 0 Å². The van der Waals surface area contributed by atoms with Crippen LogP contribution in [0.1, 0.15) is 26.7 Å². The summed E-state index contributed by atoms with van der Waals surface area (Å²) in [5, 5.41) is 3.31. The molecule has 94 valence electrons. The fourth-order valence-electron chi connectivity index (χ4n) is 2.89. The van der Waals surface area contributed by atoms with E-state index in [-0.39, 0.29) is 17.7 Å². The molecule has 2 aliphatic heterocycles. The fourth-order valence-corrected chi connectivity index (χ4v) is 4.99. The van der Waals surface area contributed by atoms with E-state index in [0.717, 1.165) is 26.1 Å². The topological polar surface area (TPSA) is 49.4 Å². The highest BCUT2D eigenvalue weighted by Crippen LogP contribution is 2.29. The molecule has 0 saturated carbocycles. The van der Waals surface area contributed by atoms with Crippen LogP contribution in [-0.4, -0.2) is 44.2 Å². The summed E-state index contributed by atoms with van der Waals surface area (Å²) in [5.41, 5.74) is 0. The quantitative estimate of drug-likeness (QED) is 0.796. The molecule has 0 aliphatic carbocycles. The Bertz CT molecular complexity index is 340. The molecular weight excluding hydrogens is 224 g/mol. The Hall–Kier alpha value is -0.130. The first-order chi connectivity index (χ1) is 7.50. The number of piperidine rings is 1. The minimum Gasteiger partial charge on any atom is -0.315 e. The Labute approximate surface area is 98.4 Å². The molecule has 16 heavy (non-hydrogen) atoms. The number of fused-ring (bicyclic) bond motifs is 1. The maximum atomic E-state index is 12.2. The molecule has 0 amide bonds. The molecule has 0 spiro atoms. The second kappa shape index (κ2) is 4.63. The van der Waals surface area contributed by atoms with Gasteiger partial charge in [0.1, 0.15) is 0 Å². The molecule has 4 nitrogen and oxygen atoms in total. The number of nitrogens with zero attached hydrogens (tertiary/aromatic N) is 1. The summed E-state index contributed by atoms with van der Waals surface area (Å²) in [6.07, 6.45) is 2.19. The van der Waals surface area contributed by atoms with Crippen molar-refractivity contribution in [2.24, 2.45) is 11.8 Å². The molecule has 0 aromatic carbocycles. The predicted molar refractivity (Wildman–Crippen MR) is 64.7 cm³/mol. The van der Waals surface area contributed by atoms with Crippen molar-refractivity contribution in [1.82, 2.24) is 9.62 Å². The van der Waals surface area contributed by atoms with Crippen LogP contribution in [0.15, 0.2) is 0 Å². The van der Waals surface area contributed by atoms with Gasteiger partial charge in [0.25, 0.3) is 0 Å². The second-order valence-electron chi connectivity index (χ2n) is 5.41. The highest BCUT2D eigenvalue weighted by molar-refractivity contribution is 7.89. The van der Waals surface area contributed by atoms with Crippen molar-refractivity contribution in [3.63, 3.8) is 0 Å². The molecule has 2 aliphatic rings. The Morgan fingerprint density at radius 2 is 2.12 bits per heavy atom. The van der Waals surface area contributed by atoms with Crippen molar-refractivity contribution in [1.29, 1.82) is 0 Å². The van der Waals surface area contributed by atoms with Crippen LogP contribution in [0.2, 0.25) is 0 Å². The summed E-state index contributed by atoms with van der Waals surface area (Å²) in [6.45, 7) is 6.47. The van der Waals surface area contributed by atoms with Gasteiger partial charge >= 0.3 is 0 Å². The van der Waals surface area contributed by atoms with Crippen LogP contribution in [0.25, 0.3) is 0 Å². The average Bonchev–Trinajstić information content (AvgIpc) is 2.62. The molecule has 2 heterocycles. The lowest BCUT2D eigenvalue weighted by molar-refractivity contribution is 0.217. The van der Waals surface area contributed by atoms with E-state index in [2.05, 4.69) is 5.32 Å². The van der Waals surface area contributed by atoms with Crippen LogP contribution in [0.4, 0.5) is 0 Å². The molecule has 0 aromatic heterocycles. The van der Waals surface area contributed by atoms with Gasteiger partial charge in [0.15, 0.2) is 0 Å². The molecule has 1 N–H and O–H groups in total. The smallest absolute Gasteiger partial charge is 0.214 e. The van der Waals surface area contributed by atoms with Crippen LogP contribution >= 0.6 is 0 Å². The Balaban J connectivity index is 2.13. The lowest BCUT2D eigenvalue weighted by atomic mass is 9.94. The molecule has 2 rings (SSSR count). The zero-order chi connectivity index (χ0) is 11.8. The van der Waals surface area contributed by atoms with Gasteiger partial charge in [-0.25, -0.2) is 8.42 Å². The van der Waals surface area contributed by atoms with Gasteiger partial charge in [0, 0.05) is 19.1 Å². The minimum absolute atomic E-state index is 0.208. The first-order valence-corrected chi connectivity index (χ1v) is 7.82. The normalized spacial score (nSPS) is 31.9. The minimum atomic E-state index is -3.04. The average molecular weight is 246 g/mol. The van der Waals surface area contributed by atoms with Gasteiger partial charge in [0.2, 0.25) is 10.0 Å². The van der Waals surface area contributed by atoms with E-state index in [1.54, 1.807) is 4.31 Å². The molecule has 0 radical (unpaired) electrons. The van der Waals surface area contributed by atoms with E-state index >= 15 is 0 Å². The zero-order valence-electron chi connectivity index (χ0n) is 10.1. The van der Waals surface area contributed by atoms with Gasteiger partial charge < -0.3 is 5.32 Å². The van der Waals surface area contributed by atoms with Crippen LogP contribution in [-0.2, 0) is 10.0 Å². The zero-order valence-corrected chi connectivity index (χ0v) is 11.0. The maximum Gasteiger partial charge on any atom is 0.214 e. The first kappa shape index (κ1) is 12.3. The molecule has 0 bridgehead atoms. The van der Waals surface area contributed by atoms with Crippen LogP contribution < -0.4 is 5.32 Å². The number of nitrogens with one attached hydrogen (secondary N) is 1. The predicted octanol–water partition coefficient (Wildman–Crippen LogP) is 0.656. The van der Waals surface area contributed by atoms with Gasteiger partial charge in [-0.2, -0.15) is 4.31 Å². The summed E-state index contributed by atoms with van der Waals surface area (Å²) in [6, 6.07) is 0.220. The molecule has 5 heteroatoms. The van der Waals surface area contributed by atoms with Crippen LogP contribution in [0, 0.1) is 11.8 Å². The lowest BCUT2D eigenvalue weighted by Crippen LogP contribution is -2.49. The fraction of sp³-hybridized carbons (Fsp3) is 1.00. The van der Waals surface area contributed by atoms with Gasteiger partial charge in [-0.15, -0.1) is 0 Å². The Morgan fingerprint density at radius 1 is 1.38 bits per heavy atom. The summed E-state index contributed by atoms with van der Waals surface area (Å²) < 4.78 is 26.2. The van der Waals surface area contributed by atoms with E-state index in [9.17, 15) is 8.42 Å². The van der Waals surface area contributed by atoms with E-state index < -0.39 is 10.0 Å². The van der Waals surface area contributed by atoms with Gasteiger partial charge in [-0.05, 0) is 31.2 Å². The third-order valence-corrected chi connectivity index (χ3v) is 5.78. The van der Waals surface area contributed by atoms with Crippen LogP contribution in [0.3, 0.4) is 0 Å². The van der Waals surface area contributed by atoms with Crippen molar-refractivity contribution in [2.45, 2.75) is 32.7 Å². The first-order valence-electron chi connectivity index (χ1n) is 6.21. The van der Waals surface area contributed by atoms with Crippen molar-refractivity contribution in [2.75, 3.05) is 25.4 Å². The Kier molecular flexibility index (Phi) is 3.56. The summed E-state index contributed by atoms with van der Waals surface area (Å²) in [7, 11) is -3.04. The highest BCUT2D eigenvalue weighted by Gasteiger charge is 2.40. The van der Waals surface area contributed by atoms with E-state index in [1.807, 2.05) is 13.8 Å². The summed E-state index contributed by atoms with van der Waals surface area (Å²) in [5.74, 6) is 1.03. The number of sulfonamides is 1. The SMILES string of the molecule is CC(C)CS(=O)(=O)N1CCCC2CNCC21. The molecular formula is C11H22N2O2S. The number of rotatable bonds is 3. The second-order valence-corrected chi connectivity index (χ2v) is 7.38. The van der Waals surface area contributed by atoms with Crippen molar-refractivity contribution >= 4 is 10.0 Å². The van der Waals surface area contributed by atoms with Crippen LogP contribution in [0.5, 0.6) is 0 Å². The van der Waals surface area contributed by atoms with Crippen molar-refractivity contribution in [3.8, 4) is 0 Å². The third kappa shape index (κ3) is 2.41. The lowest BCUT2D eigenvalue weighted by Gasteiger charge is -2.36. The number of hydrogen-bond donors (Lipinski definition) is 1. The third-order valence-electron chi connectivity index (χ3n) is 3.53. The summed E-state index contributed by atoms with van der Waals surface area (Å²) >= 11 is 0. The molecule has 2 fully saturated rings. The van der Waals surface area contributed by atoms with Gasteiger partial charge in [-0.3, -0.25) is 0 Å². The summed E-state index contributed by atoms with van der Waals surface area (Å²) in [4.78, 5) is 0. The van der Waals surface area contributed by atoms with Gasteiger partial charge in [-0.1, -0.05) is 13.8 Å². The highest BCUT2D eigenvalue weighted by atomic mass is 32.2. The van der Waals surface area contributed by atoms with Crippen molar-refractivity contribution < 1.29 is 8.42 Å². The van der Waals surface area contributed by atoms with Gasteiger partial charge in [0.05, 0.1) is 5.75 Å². The van der Waals surface area contributed by atoms with E-state index in [0.29, 0.717) is 5.92 Å². The monoisotopic (exact) mass is 246 g/mol. The molecule has 2 saturated heterocycles. The van der Waals surface area contributed by atoms with E-state index in [1.165, 1.54) is 6.42 Å². The maximum absolute atomic E-state index is 12.2. The Morgan fingerprint density at radius 3 is 2.81 bits per heavy atom.